The second-order valence-electron chi connectivity index (χ2n) is 5.88. The van der Waals surface area contributed by atoms with Gasteiger partial charge in [0.2, 0.25) is 0 Å². The Morgan fingerprint density at radius 2 is 1.80 bits per heavy atom. The number of benzene rings is 2. The van der Waals surface area contributed by atoms with Crippen molar-refractivity contribution in [3.63, 3.8) is 0 Å². The lowest BCUT2D eigenvalue weighted by molar-refractivity contribution is -0.121. The van der Waals surface area contributed by atoms with Crippen LogP contribution in [0, 0.1) is 5.82 Å². The molecule has 3 rings (SSSR count). The first kappa shape index (κ1) is 17.4. The molecule has 132 valence electrons. The number of ether oxygens (including phenoxy) is 1. The number of halogens is 1. The third-order valence-electron chi connectivity index (χ3n) is 4.06. The summed E-state index contributed by atoms with van der Waals surface area (Å²) in [5, 5.41) is 0. The van der Waals surface area contributed by atoms with Gasteiger partial charge in [-0.15, -0.1) is 0 Å². The topological polar surface area (TPSA) is 63.7 Å². The van der Waals surface area contributed by atoms with Gasteiger partial charge in [-0.1, -0.05) is 30.3 Å². The molecule has 0 aromatic heterocycles. The molecule has 0 saturated carbocycles. The van der Waals surface area contributed by atoms with Gasteiger partial charge in [0.25, 0.3) is 5.91 Å². The standard InChI is InChI=1S/C18H18FNO4S/c19-16-8-4-5-9-17(16)24-12-18(21)20(14-6-2-1-3-7-14)15-10-11-25(22,23)13-15/h1-9,15H,10-13H2/t15-/m0/s1. The fourth-order valence-corrected chi connectivity index (χ4v) is 4.60. The van der Waals surface area contributed by atoms with E-state index < -0.39 is 27.6 Å². The molecule has 2 aromatic carbocycles. The van der Waals surface area contributed by atoms with Crippen molar-refractivity contribution in [1.29, 1.82) is 0 Å². The van der Waals surface area contributed by atoms with Crippen LogP contribution in [0.2, 0.25) is 0 Å². The van der Waals surface area contributed by atoms with E-state index in [1.54, 1.807) is 30.3 Å². The molecule has 2 aromatic rings. The van der Waals surface area contributed by atoms with E-state index in [0.29, 0.717) is 12.1 Å². The molecule has 1 saturated heterocycles. The van der Waals surface area contributed by atoms with E-state index in [2.05, 4.69) is 0 Å². The highest BCUT2D eigenvalue weighted by Gasteiger charge is 2.35. The van der Waals surface area contributed by atoms with E-state index in [9.17, 15) is 17.6 Å². The third kappa shape index (κ3) is 4.17. The van der Waals surface area contributed by atoms with Crippen molar-refractivity contribution in [2.24, 2.45) is 0 Å². The molecule has 0 N–H and O–H groups in total. The predicted molar refractivity (Wildman–Crippen MR) is 92.9 cm³/mol. The lowest BCUT2D eigenvalue weighted by Crippen LogP contribution is -2.43. The number of rotatable bonds is 5. The quantitative estimate of drug-likeness (QED) is 0.818. The van der Waals surface area contributed by atoms with Gasteiger partial charge in [-0.3, -0.25) is 4.79 Å². The molecule has 1 heterocycles. The second kappa shape index (κ2) is 7.23. The predicted octanol–water partition coefficient (Wildman–Crippen LogP) is 2.42. The SMILES string of the molecule is O=C(COc1ccccc1F)N(c1ccccc1)[C@H]1CCS(=O)(=O)C1. The molecule has 1 aliphatic rings. The number of carbonyl (C=O) groups is 1. The van der Waals surface area contributed by atoms with Gasteiger partial charge in [-0.2, -0.15) is 0 Å². The Morgan fingerprint density at radius 3 is 2.44 bits per heavy atom. The van der Waals surface area contributed by atoms with E-state index in [4.69, 9.17) is 4.74 Å². The van der Waals surface area contributed by atoms with Gasteiger partial charge in [0.15, 0.2) is 28.0 Å². The van der Waals surface area contributed by atoms with Crippen molar-refractivity contribution in [1.82, 2.24) is 0 Å². The summed E-state index contributed by atoms with van der Waals surface area (Å²) in [4.78, 5) is 14.2. The zero-order valence-corrected chi connectivity index (χ0v) is 14.3. The van der Waals surface area contributed by atoms with Crippen LogP contribution in [0.25, 0.3) is 0 Å². The molecule has 1 atom stereocenters. The summed E-state index contributed by atoms with van der Waals surface area (Å²) in [5.74, 6) is -0.986. The van der Waals surface area contributed by atoms with E-state index >= 15 is 0 Å². The van der Waals surface area contributed by atoms with Crippen LogP contribution in [-0.2, 0) is 14.6 Å². The third-order valence-corrected chi connectivity index (χ3v) is 5.81. The molecule has 0 bridgehead atoms. The van der Waals surface area contributed by atoms with Gasteiger partial charge in [-0.25, -0.2) is 12.8 Å². The zero-order valence-electron chi connectivity index (χ0n) is 13.5. The minimum atomic E-state index is -3.15. The molecule has 5 nitrogen and oxygen atoms in total. The van der Waals surface area contributed by atoms with Gasteiger partial charge < -0.3 is 9.64 Å². The minimum absolute atomic E-state index is 0.0112. The Balaban J connectivity index is 1.79. The van der Waals surface area contributed by atoms with Gasteiger partial charge in [0.1, 0.15) is 0 Å². The molecule has 0 aliphatic carbocycles. The highest BCUT2D eigenvalue weighted by Crippen LogP contribution is 2.25. The smallest absolute Gasteiger partial charge is 0.265 e. The average molecular weight is 363 g/mol. The van der Waals surface area contributed by atoms with Crippen LogP contribution in [0.3, 0.4) is 0 Å². The first-order valence-corrected chi connectivity index (χ1v) is 9.73. The van der Waals surface area contributed by atoms with Gasteiger partial charge in [0, 0.05) is 5.69 Å². The minimum Gasteiger partial charge on any atom is -0.481 e. The van der Waals surface area contributed by atoms with E-state index in [1.807, 2.05) is 6.07 Å². The monoisotopic (exact) mass is 363 g/mol. The number of para-hydroxylation sites is 2. The van der Waals surface area contributed by atoms with E-state index in [-0.39, 0.29) is 23.9 Å². The summed E-state index contributed by atoms with van der Waals surface area (Å²) in [6.07, 6.45) is 0.378. The number of carbonyl (C=O) groups excluding carboxylic acids is 1. The lowest BCUT2D eigenvalue weighted by atomic mass is 10.2. The van der Waals surface area contributed by atoms with Crippen LogP contribution in [0.5, 0.6) is 5.75 Å². The van der Waals surface area contributed by atoms with Crippen molar-refractivity contribution >= 4 is 21.4 Å². The number of anilines is 1. The Kier molecular flexibility index (Phi) is 5.03. The summed E-state index contributed by atoms with van der Waals surface area (Å²) < 4.78 is 42.5. The summed E-state index contributed by atoms with van der Waals surface area (Å²) in [7, 11) is -3.15. The van der Waals surface area contributed by atoms with Crippen LogP contribution >= 0.6 is 0 Å². The van der Waals surface area contributed by atoms with Gasteiger partial charge in [-0.05, 0) is 30.7 Å². The normalized spacial score (nSPS) is 18.7. The van der Waals surface area contributed by atoms with Crippen molar-refractivity contribution < 1.29 is 22.3 Å². The Hall–Kier alpha value is -2.41. The lowest BCUT2D eigenvalue weighted by Gasteiger charge is -2.28. The maximum absolute atomic E-state index is 13.6. The molecule has 7 heteroatoms. The number of hydrogen-bond acceptors (Lipinski definition) is 4. The molecule has 0 spiro atoms. The molecular formula is C18H18FNO4S. The maximum Gasteiger partial charge on any atom is 0.265 e. The average Bonchev–Trinajstić information content (AvgIpc) is 2.95. The first-order chi connectivity index (χ1) is 12.0. The van der Waals surface area contributed by atoms with Crippen molar-refractivity contribution in [3.8, 4) is 5.75 Å². The highest BCUT2D eigenvalue weighted by molar-refractivity contribution is 7.91. The fraction of sp³-hybridized carbons (Fsp3) is 0.278. The van der Waals surface area contributed by atoms with Crippen LogP contribution in [0.4, 0.5) is 10.1 Å². The Bertz CT molecular complexity index is 854. The molecule has 1 amide bonds. The molecule has 25 heavy (non-hydrogen) atoms. The van der Waals surface area contributed by atoms with Crippen LogP contribution in [0.1, 0.15) is 6.42 Å². The summed E-state index contributed by atoms with van der Waals surface area (Å²) >= 11 is 0. The number of amides is 1. The molecule has 0 radical (unpaired) electrons. The fourth-order valence-electron chi connectivity index (χ4n) is 2.90. The van der Waals surface area contributed by atoms with Crippen molar-refractivity contribution in [3.05, 3.63) is 60.4 Å². The zero-order chi connectivity index (χ0) is 17.9. The molecule has 1 fully saturated rings. The van der Waals surface area contributed by atoms with Crippen molar-refractivity contribution in [2.75, 3.05) is 23.0 Å². The molecule has 1 aliphatic heterocycles. The number of hydrogen-bond donors (Lipinski definition) is 0. The highest BCUT2D eigenvalue weighted by atomic mass is 32.2. The largest absolute Gasteiger partial charge is 0.481 e. The summed E-state index contributed by atoms with van der Waals surface area (Å²) in [5.41, 5.74) is 0.603. The molecular weight excluding hydrogens is 345 g/mol. The van der Waals surface area contributed by atoms with Crippen molar-refractivity contribution in [2.45, 2.75) is 12.5 Å². The maximum atomic E-state index is 13.6. The van der Waals surface area contributed by atoms with Crippen LogP contribution < -0.4 is 9.64 Å². The van der Waals surface area contributed by atoms with E-state index in [1.165, 1.54) is 23.1 Å². The second-order valence-corrected chi connectivity index (χ2v) is 8.10. The Morgan fingerprint density at radius 1 is 1.12 bits per heavy atom. The summed E-state index contributed by atoms with van der Waals surface area (Å²) in [6, 6.07) is 14.2. The number of sulfone groups is 1. The van der Waals surface area contributed by atoms with Crippen LogP contribution in [0.15, 0.2) is 54.6 Å². The van der Waals surface area contributed by atoms with E-state index in [0.717, 1.165) is 0 Å². The molecule has 0 unspecified atom stereocenters. The number of nitrogens with zero attached hydrogens (tertiary/aromatic N) is 1. The van der Waals surface area contributed by atoms with Crippen LogP contribution in [-0.4, -0.2) is 38.5 Å². The summed E-state index contributed by atoms with van der Waals surface area (Å²) in [6.45, 7) is -0.369. The first-order valence-electron chi connectivity index (χ1n) is 7.91. The van der Waals surface area contributed by atoms with Gasteiger partial charge in [0.05, 0.1) is 17.5 Å². The van der Waals surface area contributed by atoms with Gasteiger partial charge >= 0.3 is 0 Å². The Labute approximate surface area is 145 Å².